The second-order valence-corrected chi connectivity index (χ2v) is 21.4. The van der Waals surface area contributed by atoms with Gasteiger partial charge >= 0.3 is 0 Å². The van der Waals surface area contributed by atoms with Gasteiger partial charge in [-0.05, 0) is 144 Å². The summed E-state index contributed by atoms with van der Waals surface area (Å²) in [7, 11) is 0. The Kier molecular flexibility index (Phi) is 8.69. The Morgan fingerprint density at radius 2 is 1.04 bits per heavy atom. The molecular formula is C65H67N3O. The number of phenols is 1. The van der Waals surface area contributed by atoms with Crippen molar-refractivity contribution in [1.29, 1.82) is 0 Å². The Morgan fingerprint density at radius 1 is 0.464 bits per heavy atom. The van der Waals surface area contributed by atoms with Crippen molar-refractivity contribution in [3.05, 3.63) is 192 Å². The molecular weight excluding hydrogens is 839 g/mol. The summed E-state index contributed by atoms with van der Waals surface area (Å²) < 4.78 is 106. The molecule has 0 unspecified atom stereocenters. The highest BCUT2D eigenvalue weighted by molar-refractivity contribution is 5.97. The lowest BCUT2D eigenvalue weighted by Crippen LogP contribution is -2.17. The van der Waals surface area contributed by atoms with E-state index in [1.54, 1.807) is 48.7 Å². The molecule has 7 aromatic carbocycles. The van der Waals surface area contributed by atoms with Crippen LogP contribution in [0, 0.1) is 6.85 Å². The van der Waals surface area contributed by atoms with Gasteiger partial charge in [-0.2, -0.15) is 0 Å². The highest BCUT2D eigenvalue weighted by Crippen LogP contribution is 2.46. The predicted molar refractivity (Wildman–Crippen MR) is 293 cm³/mol. The molecule has 1 N–H and O–H groups in total. The standard InChI is InChI=1S/C65H67N3O/c1-41-31-44(42-21-16-14-17-22-42)27-28-57(41)68-58-26-20-25-53(59(58)67-61(68)54-39-52(64(8,9)10)40-55(60(54)69)65(11,12)13)48-33-49(37-51(36-48)63(5,6)7)56-38-45(29-30-66-56)47-32-46(43-23-18-15-19-24-43)34-50(35-47)62(2,3)4/h14-40,69H,1-13H3/i1D3,2D3,3D3,4D3. The average Bonchev–Trinajstić information content (AvgIpc) is 2.97. The van der Waals surface area contributed by atoms with Gasteiger partial charge in [0.2, 0.25) is 0 Å². The third-order valence-corrected chi connectivity index (χ3v) is 13.0. The SMILES string of the molecule is [2H]C([2H])([2H])c1cc(-c2ccccc2)ccc1-n1c(-c2cc(C(C)(C)C)cc(C(C)(C)C)c2O)nc2c(-c3cc(-c4cc(-c5cc(-c6ccccc6)cc(C(C([2H])([2H])[2H])(C([2H])([2H])[2H])C([2H])([2H])[2H])c5)ccn4)cc(C(C)(C)C)c3)cccc21. The number of phenolic OH excluding ortho intramolecular Hbond substituents is 1. The molecule has 0 saturated heterocycles. The second-order valence-electron chi connectivity index (χ2n) is 21.4. The normalized spacial score (nSPS) is 15.8. The van der Waals surface area contributed by atoms with Crippen LogP contribution in [0.5, 0.6) is 5.75 Å². The van der Waals surface area contributed by atoms with Crippen LogP contribution in [0.2, 0.25) is 0 Å². The first-order chi connectivity index (χ1) is 37.5. The number of nitrogens with zero attached hydrogens (tertiary/aromatic N) is 3. The van der Waals surface area contributed by atoms with Gasteiger partial charge in [0.25, 0.3) is 0 Å². The lowest BCUT2D eigenvalue weighted by atomic mass is 9.79. The van der Waals surface area contributed by atoms with Crippen molar-refractivity contribution in [3.8, 4) is 78.6 Å². The summed E-state index contributed by atoms with van der Waals surface area (Å²) in [6.45, 7) is 5.74. The lowest BCUT2D eigenvalue weighted by molar-refractivity contribution is 0.446. The Labute approximate surface area is 427 Å². The molecule has 0 atom stereocenters. The Balaban J connectivity index is 1.31. The first-order valence-electron chi connectivity index (χ1n) is 29.4. The number of para-hydroxylation sites is 1. The minimum Gasteiger partial charge on any atom is -0.507 e. The quantitative estimate of drug-likeness (QED) is 0.173. The minimum absolute atomic E-state index is 0.0373. The van der Waals surface area contributed by atoms with E-state index in [9.17, 15) is 5.11 Å². The molecule has 0 fully saturated rings. The number of aromatic hydroxyl groups is 1. The summed E-state index contributed by atoms with van der Waals surface area (Å²) in [6, 6.07) is 48.1. The van der Waals surface area contributed by atoms with Crippen molar-refractivity contribution >= 4 is 11.0 Å². The number of fused-ring (bicyclic) bond motifs is 1. The van der Waals surface area contributed by atoms with E-state index >= 15 is 0 Å². The summed E-state index contributed by atoms with van der Waals surface area (Å²) >= 11 is 0. The second kappa shape index (κ2) is 17.5. The molecule has 0 bridgehead atoms. The van der Waals surface area contributed by atoms with Gasteiger partial charge in [-0.1, -0.05) is 186 Å². The van der Waals surface area contributed by atoms with E-state index in [4.69, 9.17) is 26.4 Å². The van der Waals surface area contributed by atoms with Gasteiger partial charge in [-0.25, -0.2) is 4.98 Å². The molecule has 0 amide bonds. The largest absolute Gasteiger partial charge is 0.507 e. The van der Waals surface area contributed by atoms with E-state index in [0.29, 0.717) is 72.7 Å². The molecule has 348 valence electrons. The fraction of sp³-hybridized carbons (Fsp3) is 0.262. The van der Waals surface area contributed by atoms with E-state index in [0.717, 1.165) is 27.8 Å². The third-order valence-electron chi connectivity index (χ3n) is 13.0. The van der Waals surface area contributed by atoms with E-state index < -0.39 is 43.7 Å². The van der Waals surface area contributed by atoms with Gasteiger partial charge in [-0.3, -0.25) is 9.55 Å². The van der Waals surface area contributed by atoms with Crippen LogP contribution in [-0.2, 0) is 21.7 Å². The molecule has 0 radical (unpaired) electrons. The number of hydrogen-bond donors (Lipinski definition) is 1. The van der Waals surface area contributed by atoms with Crippen molar-refractivity contribution in [3.63, 3.8) is 0 Å². The van der Waals surface area contributed by atoms with Gasteiger partial charge in [0, 0.05) is 39.3 Å². The molecule has 0 saturated carbocycles. The topological polar surface area (TPSA) is 50.9 Å². The van der Waals surface area contributed by atoms with E-state index in [1.165, 1.54) is 12.1 Å². The molecule has 0 aliphatic carbocycles. The van der Waals surface area contributed by atoms with E-state index in [1.807, 2.05) is 116 Å². The molecule has 0 aliphatic rings. The number of pyridine rings is 1. The summed E-state index contributed by atoms with van der Waals surface area (Å²) in [5, 5.41) is 12.6. The number of aromatic nitrogens is 3. The van der Waals surface area contributed by atoms with Crippen molar-refractivity contribution in [2.45, 2.75) is 111 Å². The number of benzene rings is 7. The lowest BCUT2D eigenvalue weighted by Gasteiger charge is -2.27. The van der Waals surface area contributed by atoms with Crippen LogP contribution in [0.25, 0.3) is 83.9 Å². The first-order valence-corrected chi connectivity index (χ1v) is 23.4. The third kappa shape index (κ3) is 9.42. The number of rotatable bonds is 7. The molecule has 2 aromatic heterocycles. The Hall–Kier alpha value is -7.04. The Bertz CT molecular complexity index is 3800. The number of hydrogen-bond acceptors (Lipinski definition) is 3. The summed E-state index contributed by atoms with van der Waals surface area (Å²) in [5.41, 5.74) is 6.01. The van der Waals surface area contributed by atoms with E-state index in [2.05, 4.69) is 53.7 Å². The highest BCUT2D eigenvalue weighted by Gasteiger charge is 2.29. The maximum Gasteiger partial charge on any atom is 0.149 e. The van der Waals surface area contributed by atoms with Gasteiger partial charge < -0.3 is 5.11 Å². The maximum absolute atomic E-state index is 12.6. The highest BCUT2D eigenvalue weighted by atomic mass is 16.3. The molecule has 9 aromatic rings. The minimum atomic E-state index is -3.49. The van der Waals surface area contributed by atoms with Crippen molar-refractivity contribution < 1.29 is 21.6 Å². The van der Waals surface area contributed by atoms with Gasteiger partial charge in [0.1, 0.15) is 11.6 Å². The predicted octanol–water partition coefficient (Wildman–Crippen LogP) is 17.6. The van der Waals surface area contributed by atoms with Crippen LogP contribution in [0.15, 0.2) is 164 Å². The molecule has 4 heteroatoms. The zero-order valence-electron chi connectivity index (χ0n) is 52.9. The zero-order valence-corrected chi connectivity index (χ0v) is 40.9. The monoisotopic (exact) mass is 918 g/mol. The van der Waals surface area contributed by atoms with Crippen LogP contribution in [-0.4, -0.2) is 19.6 Å². The van der Waals surface area contributed by atoms with Crippen LogP contribution >= 0.6 is 0 Å². The number of aryl methyl sites for hydroxylation is 1. The first kappa shape index (κ1) is 34.3. The molecule has 0 spiro atoms. The molecule has 2 heterocycles. The van der Waals surface area contributed by atoms with Crippen molar-refractivity contribution in [1.82, 2.24) is 14.5 Å². The van der Waals surface area contributed by atoms with Crippen LogP contribution < -0.4 is 0 Å². The maximum atomic E-state index is 12.6. The Morgan fingerprint density at radius 3 is 1.68 bits per heavy atom. The molecule has 9 rings (SSSR count). The fourth-order valence-corrected chi connectivity index (χ4v) is 9.05. The van der Waals surface area contributed by atoms with Gasteiger partial charge in [-0.15, -0.1) is 0 Å². The van der Waals surface area contributed by atoms with Crippen molar-refractivity contribution in [2.24, 2.45) is 0 Å². The van der Waals surface area contributed by atoms with E-state index in [-0.39, 0.29) is 22.3 Å². The summed E-state index contributed by atoms with van der Waals surface area (Å²) in [5.74, 6) is 0.387. The van der Waals surface area contributed by atoms with Gasteiger partial charge in [0.15, 0.2) is 0 Å². The van der Waals surface area contributed by atoms with Crippen molar-refractivity contribution in [2.75, 3.05) is 0 Å². The van der Waals surface area contributed by atoms with Crippen LogP contribution in [0.3, 0.4) is 0 Å². The van der Waals surface area contributed by atoms with Gasteiger partial charge in [0.05, 0.1) is 28.0 Å². The number of imidazole rings is 1. The summed E-state index contributed by atoms with van der Waals surface area (Å²) in [4.78, 5) is 10.4. The molecule has 4 nitrogen and oxygen atoms in total. The van der Waals surface area contributed by atoms with Crippen LogP contribution in [0.4, 0.5) is 0 Å². The summed E-state index contributed by atoms with van der Waals surface area (Å²) in [6.07, 6.45) is 1.61. The molecule has 0 aliphatic heterocycles. The smallest absolute Gasteiger partial charge is 0.149 e. The van der Waals surface area contributed by atoms with Crippen LogP contribution in [0.1, 0.15) is 127 Å². The fourth-order valence-electron chi connectivity index (χ4n) is 9.05. The zero-order chi connectivity index (χ0) is 59.2. The average molecular weight is 918 g/mol. The molecule has 69 heavy (non-hydrogen) atoms.